The first-order valence-corrected chi connectivity index (χ1v) is 12.4. The summed E-state index contributed by atoms with van der Waals surface area (Å²) in [7, 11) is 0. The number of amides is 3. The third kappa shape index (κ3) is 6.97. The van der Waals surface area contributed by atoms with Gasteiger partial charge in [-0.1, -0.05) is 70.0 Å². The Kier molecular flexibility index (Phi) is 8.23. The Hall–Kier alpha value is -3.61. The van der Waals surface area contributed by atoms with Crippen LogP contribution in [-0.2, 0) is 10.2 Å². The van der Waals surface area contributed by atoms with Gasteiger partial charge in [-0.2, -0.15) is 5.10 Å². The molecule has 3 aromatic rings. The predicted octanol–water partition coefficient (Wildman–Crippen LogP) is 6.22. The van der Waals surface area contributed by atoms with Crippen LogP contribution >= 0.6 is 0 Å². The second kappa shape index (κ2) is 11.0. The molecule has 0 saturated heterocycles. The highest BCUT2D eigenvalue weighted by Crippen LogP contribution is 2.28. The van der Waals surface area contributed by atoms with Crippen molar-refractivity contribution in [3.05, 3.63) is 70.9 Å². The quantitative estimate of drug-likeness (QED) is 0.413. The summed E-state index contributed by atoms with van der Waals surface area (Å²) in [5, 5.41) is 10.8. The van der Waals surface area contributed by atoms with E-state index in [1.807, 2.05) is 77.1 Å². The van der Waals surface area contributed by atoms with Crippen molar-refractivity contribution in [1.82, 2.24) is 14.7 Å². The number of anilines is 2. The molecule has 0 fully saturated rings. The highest BCUT2D eigenvalue weighted by atomic mass is 16.2. The fourth-order valence-corrected chi connectivity index (χ4v) is 3.92. The molecule has 36 heavy (non-hydrogen) atoms. The molecule has 3 rings (SSSR count). The van der Waals surface area contributed by atoms with Gasteiger partial charge in [0.2, 0.25) is 5.91 Å². The van der Waals surface area contributed by atoms with Gasteiger partial charge in [-0.3, -0.25) is 4.79 Å². The molecule has 0 aliphatic rings. The normalized spacial score (nSPS) is 11.5. The summed E-state index contributed by atoms with van der Waals surface area (Å²) in [6, 6.07) is 15.4. The standard InChI is InChI=1S/C29H39N5O2/c1-19(2)17-33(28(36)30-23-12-9-20(3)10-13-23)18-27(35)31-26-16-25(29(6,7)8)32-34(26)24-14-11-21(4)15-22(24)5/h9-16,19H,17-18H2,1-8H3,(H,30,36)(H,31,35). The van der Waals surface area contributed by atoms with E-state index in [1.165, 1.54) is 0 Å². The van der Waals surface area contributed by atoms with Crippen molar-refractivity contribution in [2.45, 2.75) is 60.8 Å². The Morgan fingerprint density at radius 1 is 0.944 bits per heavy atom. The van der Waals surface area contributed by atoms with Gasteiger partial charge in [0.1, 0.15) is 12.4 Å². The van der Waals surface area contributed by atoms with Gasteiger partial charge in [-0.15, -0.1) is 0 Å². The molecule has 0 aliphatic carbocycles. The Labute approximate surface area is 214 Å². The van der Waals surface area contributed by atoms with Crippen molar-refractivity contribution in [2.75, 3.05) is 23.7 Å². The Bertz CT molecular complexity index is 1220. The molecule has 0 spiro atoms. The number of nitrogens with one attached hydrogen (secondary N) is 2. The Balaban J connectivity index is 1.84. The van der Waals surface area contributed by atoms with E-state index in [4.69, 9.17) is 5.10 Å². The topological polar surface area (TPSA) is 79.3 Å². The summed E-state index contributed by atoms with van der Waals surface area (Å²) in [5.74, 6) is 0.510. The minimum Gasteiger partial charge on any atom is -0.315 e. The summed E-state index contributed by atoms with van der Waals surface area (Å²) in [4.78, 5) is 27.8. The molecule has 0 radical (unpaired) electrons. The van der Waals surface area contributed by atoms with Crippen molar-refractivity contribution < 1.29 is 9.59 Å². The number of carbonyl (C=O) groups excluding carboxylic acids is 2. The number of nitrogens with zero attached hydrogens (tertiary/aromatic N) is 3. The highest BCUT2D eigenvalue weighted by Gasteiger charge is 2.24. The Morgan fingerprint density at radius 3 is 2.17 bits per heavy atom. The second-order valence-electron chi connectivity index (χ2n) is 11.0. The molecule has 0 aliphatic heterocycles. The highest BCUT2D eigenvalue weighted by molar-refractivity contribution is 5.96. The smallest absolute Gasteiger partial charge is 0.315 e. The van der Waals surface area contributed by atoms with Gasteiger partial charge in [0.15, 0.2) is 0 Å². The molecule has 0 unspecified atom stereocenters. The first-order valence-electron chi connectivity index (χ1n) is 12.4. The molecular weight excluding hydrogens is 450 g/mol. The van der Waals surface area contributed by atoms with Crippen molar-refractivity contribution in [2.24, 2.45) is 5.92 Å². The van der Waals surface area contributed by atoms with Crippen LogP contribution in [0, 0.1) is 26.7 Å². The summed E-state index contributed by atoms with van der Waals surface area (Å²) < 4.78 is 1.78. The van der Waals surface area contributed by atoms with Crippen LogP contribution in [0.1, 0.15) is 57.0 Å². The fraction of sp³-hybridized carbons (Fsp3) is 0.414. The fourth-order valence-electron chi connectivity index (χ4n) is 3.92. The van der Waals surface area contributed by atoms with Crippen LogP contribution in [0.4, 0.5) is 16.3 Å². The third-order valence-corrected chi connectivity index (χ3v) is 5.84. The maximum absolute atomic E-state index is 13.2. The monoisotopic (exact) mass is 489 g/mol. The molecule has 1 aromatic heterocycles. The van der Waals surface area contributed by atoms with Gasteiger partial charge in [0.25, 0.3) is 0 Å². The zero-order valence-electron chi connectivity index (χ0n) is 22.8. The van der Waals surface area contributed by atoms with Crippen molar-refractivity contribution >= 4 is 23.4 Å². The number of aryl methyl sites for hydroxylation is 3. The number of hydrogen-bond donors (Lipinski definition) is 2. The lowest BCUT2D eigenvalue weighted by atomic mass is 9.92. The summed E-state index contributed by atoms with van der Waals surface area (Å²) >= 11 is 0. The van der Waals surface area contributed by atoms with E-state index in [-0.39, 0.29) is 29.8 Å². The molecule has 1 heterocycles. The summed E-state index contributed by atoms with van der Waals surface area (Å²) in [5.41, 5.74) is 5.61. The van der Waals surface area contributed by atoms with E-state index in [0.29, 0.717) is 18.1 Å². The van der Waals surface area contributed by atoms with Crippen LogP contribution in [0.5, 0.6) is 0 Å². The zero-order valence-corrected chi connectivity index (χ0v) is 22.8. The summed E-state index contributed by atoms with van der Waals surface area (Å²) in [6.07, 6.45) is 0. The van der Waals surface area contributed by atoms with Crippen LogP contribution in [-0.4, -0.2) is 39.7 Å². The number of hydrogen-bond acceptors (Lipinski definition) is 3. The van der Waals surface area contributed by atoms with E-state index in [0.717, 1.165) is 28.1 Å². The molecule has 7 heteroatoms. The van der Waals surface area contributed by atoms with Gasteiger partial charge >= 0.3 is 6.03 Å². The van der Waals surface area contributed by atoms with Gasteiger partial charge < -0.3 is 15.5 Å². The minimum atomic E-state index is -0.305. The zero-order chi connectivity index (χ0) is 26.6. The Morgan fingerprint density at radius 2 is 1.58 bits per heavy atom. The third-order valence-electron chi connectivity index (χ3n) is 5.84. The van der Waals surface area contributed by atoms with E-state index >= 15 is 0 Å². The van der Waals surface area contributed by atoms with Crippen LogP contribution in [0.2, 0.25) is 0 Å². The largest absolute Gasteiger partial charge is 0.322 e. The maximum atomic E-state index is 13.2. The molecule has 2 aromatic carbocycles. The van der Waals surface area contributed by atoms with Crippen molar-refractivity contribution in [1.29, 1.82) is 0 Å². The lowest BCUT2D eigenvalue weighted by molar-refractivity contribution is -0.116. The molecular formula is C29H39N5O2. The van der Waals surface area contributed by atoms with Crippen molar-refractivity contribution in [3.8, 4) is 5.69 Å². The molecule has 192 valence electrons. The molecule has 7 nitrogen and oxygen atoms in total. The first kappa shape index (κ1) is 27.0. The van der Waals surface area contributed by atoms with E-state index < -0.39 is 0 Å². The summed E-state index contributed by atoms with van der Waals surface area (Å²) in [6.45, 7) is 16.8. The SMILES string of the molecule is Cc1ccc(NC(=O)N(CC(=O)Nc2cc(C(C)(C)C)nn2-c2ccc(C)cc2C)CC(C)C)cc1. The lowest BCUT2D eigenvalue weighted by Crippen LogP contribution is -2.42. The van der Waals surface area contributed by atoms with Crippen LogP contribution in [0.3, 0.4) is 0 Å². The molecule has 2 N–H and O–H groups in total. The van der Waals surface area contributed by atoms with Gasteiger partial charge in [0, 0.05) is 23.7 Å². The average Bonchev–Trinajstić information content (AvgIpc) is 3.18. The van der Waals surface area contributed by atoms with Crippen LogP contribution in [0.25, 0.3) is 5.69 Å². The maximum Gasteiger partial charge on any atom is 0.322 e. The van der Waals surface area contributed by atoms with Crippen LogP contribution < -0.4 is 10.6 Å². The van der Waals surface area contributed by atoms with Crippen molar-refractivity contribution in [3.63, 3.8) is 0 Å². The second-order valence-corrected chi connectivity index (χ2v) is 11.0. The predicted molar refractivity (Wildman–Crippen MR) is 147 cm³/mol. The van der Waals surface area contributed by atoms with Gasteiger partial charge in [-0.25, -0.2) is 9.48 Å². The van der Waals surface area contributed by atoms with Crippen LogP contribution in [0.15, 0.2) is 48.5 Å². The molecule has 0 saturated carbocycles. The van der Waals surface area contributed by atoms with Gasteiger partial charge in [-0.05, 0) is 50.5 Å². The number of carbonyl (C=O) groups is 2. The van der Waals surface area contributed by atoms with E-state index in [1.54, 1.807) is 9.58 Å². The minimum absolute atomic E-state index is 0.0706. The molecule has 0 bridgehead atoms. The number of rotatable bonds is 7. The molecule has 3 amide bonds. The van der Waals surface area contributed by atoms with Gasteiger partial charge in [0.05, 0.1) is 11.4 Å². The molecule has 0 atom stereocenters. The number of benzene rings is 2. The van der Waals surface area contributed by atoms with E-state index in [2.05, 4.69) is 37.5 Å². The first-order chi connectivity index (χ1) is 16.8. The lowest BCUT2D eigenvalue weighted by Gasteiger charge is -2.24. The number of urea groups is 1. The number of aromatic nitrogens is 2. The average molecular weight is 490 g/mol. The van der Waals surface area contributed by atoms with E-state index in [9.17, 15) is 9.59 Å².